The molecule has 96 valence electrons. The lowest BCUT2D eigenvalue weighted by molar-refractivity contribution is 0.494. The third-order valence-corrected chi connectivity index (χ3v) is 2.87. The number of nitrogens with one attached hydrogen (secondary N) is 1. The molecule has 2 aromatic rings. The van der Waals surface area contributed by atoms with Gasteiger partial charge >= 0.3 is 0 Å². The molecule has 0 fully saturated rings. The topological polar surface area (TPSA) is 54.7 Å². The van der Waals surface area contributed by atoms with Crippen LogP contribution in [0, 0.1) is 17.6 Å². The Balaban J connectivity index is 2.38. The highest BCUT2D eigenvalue weighted by Crippen LogP contribution is 2.25. The fourth-order valence-electron chi connectivity index (χ4n) is 1.67. The minimum atomic E-state index is -0.884. The second-order valence-electron chi connectivity index (χ2n) is 4.55. The average molecular weight is 251 g/mol. The first kappa shape index (κ1) is 12.7. The number of halogens is 2. The average Bonchev–Trinajstić information content (AvgIpc) is 2.80. The number of nitrogens with two attached hydrogens (primary N) is 1. The van der Waals surface area contributed by atoms with E-state index in [2.05, 4.69) is 9.97 Å². The van der Waals surface area contributed by atoms with Gasteiger partial charge in [0, 0.05) is 5.56 Å². The van der Waals surface area contributed by atoms with E-state index in [1.165, 1.54) is 18.3 Å². The fraction of sp³-hybridized carbons (Fsp3) is 0.308. The maximum Gasteiger partial charge on any atom is 0.168 e. The van der Waals surface area contributed by atoms with Crippen LogP contribution in [0.1, 0.15) is 25.7 Å². The molecule has 0 radical (unpaired) electrons. The Bertz CT molecular complexity index is 549. The quantitative estimate of drug-likeness (QED) is 0.881. The van der Waals surface area contributed by atoms with Crippen LogP contribution in [0.2, 0.25) is 0 Å². The molecule has 1 atom stereocenters. The Morgan fingerprint density at radius 2 is 2.00 bits per heavy atom. The van der Waals surface area contributed by atoms with Crippen LogP contribution < -0.4 is 5.73 Å². The summed E-state index contributed by atoms with van der Waals surface area (Å²) in [5.41, 5.74) is 6.52. The van der Waals surface area contributed by atoms with E-state index in [0.29, 0.717) is 11.5 Å². The van der Waals surface area contributed by atoms with Crippen molar-refractivity contribution >= 4 is 0 Å². The SMILES string of the molecule is CC(C)C(N)c1ncc(-c2cccc(F)c2F)[nH]1. The molecule has 0 aliphatic rings. The number of hydrogen-bond donors (Lipinski definition) is 2. The van der Waals surface area contributed by atoms with E-state index in [4.69, 9.17) is 5.73 Å². The van der Waals surface area contributed by atoms with E-state index in [1.807, 2.05) is 13.8 Å². The summed E-state index contributed by atoms with van der Waals surface area (Å²) in [7, 11) is 0. The highest BCUT2D eigenvalue weighted by molar-refractivity contribution is 5.59. The van der Waals surface area contributed by atoms with Gasteiger partial charge in [-0.1, -0.05) is 19.9 Å². The Kier molecular flexibility index (Phi) is 3.43. The maximum absolute atomic E-state index is 13.6. The summed E-state index contributed by atoms with van der Waals surface area (Å²) in [6.45, 7) is 3.94. The van der Waals surface area contributed by atoms with E-state index >= 15 is 0 Å². The van der Waals surface area contributed by atoms with E-state index in [9.17, 15) is 8.78 Å². The first-order valence-corrected chi connectivity index (χ1v) is 5.75. The third kappa shape index (κ3) is 2.26. The number of aromatic amines is 1. The van der Waals surface area contributed by atoms with Crippen molar-refractivity contribution in [2.24, 2.45) is 11.7 Å². The molecule has 0 saturated heterocycles. The molecule has 0 bridgehead atoms. The molecule has 2 rings (SSSR count). The molecular formula is C13H15F2N3. The normalized spacial score (nSPS) is 13.0. The van der Waals surface area contributed by atoms with Crippen molar-refractivity contribution in [2.45, 2.75) is 19.9 Å². The molecule has 0 aliphatic heterocycles. The van der Waals surface area contributed by atoms with Crippen LogP contribution in [-0.4, -0.2) is 9.97 Å². The number of rotatable bonds is 3. The second-order valence-corrected chi connectivity index (χ2v) is 4.55. The van der Waals surface area contributed by atoms with Crippen molar-refractivity contribution < 1.29 is 8.78 Å². The number of nitrogens with zero attached hydrogens (tertiary/aromatic N) is 1. The van der Waals surface area contributed by atoms with Gasteiger partial charge in [-0.3, -0.25) is 0 Å². The molecule has 3 nitrogen and oxygen atoms in total. The molecule has 0 spiro atoms. The molecule has 1 aromatic carbocycles. The van der Waals surface area contributed by atoms with Gasteiger partial charge in [-0.2, -0.15) is 0 Å². The van der Waals surface area contributed by atoms with Gasteiger partial charge in [-0.15, -0.1) is 0 Å². The molecule has 0 aliphatic carbocycles. The summed E-state index contributed by atoms with van der Waals surface area (Å²) in [6.07, 6.45) is 1.47. The summed E-state index contributed by atoms with van der Waals surface area (Å²) in [6, 6.07) is 3.78. The molecule has 1 heterocycles. The summed E-state index contributed by atoms with van der Waals surface area (Å²) in [5, 5.41) is 0. The van der Waals surface area contributed by atoms with E-state index in [0.717, 1.165) is 6.07 Å². The van der Waals surface area contributed by atoms with Crippen molar-refractivity contribution in [2.75, 3.05) is 0 Å². The molecule has 3 N–H and O–H groups in total. The van der Waals surface area contributed by atoms with Gasteiger partial charge in [0.25, 0.3) is 0 Å². The number of imidazole rings is 1. The highest BCUT2D eigenvalue weighted by Gasteiger charge is 2.16. The van der Waals surface area contributed by atoms with Crippen LogP contribution in [-0.2, 0) is 0 Å². The molecule has 0 amide bonds. The van der Waals surface area contributed by atoms with E-state index in [1.54, 1.807) is 0 Å². The summed E-state index contributed by atoms with van der Waals surface area (Å²) >= 11 is 0. The lowest BCUT2D eigenvalue weighted by Crippen LogP contribution is -2.18. The Labute approximate surface area is 104 Å². The largest absolute Gasteiger partial charge is 0.341 e. The Morgan fingerprint density at radius 1 is 1.28 bits per heavy atom. The zero-order valence-electron chi connectivity index (χ0n) is 10.2. The maximum atomic E-state index is 13.6. The van der Waals surface area contributed by atoms with Crippen molar-refractivity contribution in [3.8, 4) is 11.3 Å². The van der Waals surface area contributed by atoms with Gasteiger partial charge in [0.05, 0.1) is 17.9 Å². The second kappa shape index (κ2) is 4.86. The standard InChI is InChI=1S/C13H15F2N3/c1-7(2)12(16)13-17-6-10(18-13)8-4-3-5-9(14)11(8)15/h3-7,12H,16H2,1-2H3,(H,17,18). The Hall–Kier alpha value is -1.75. The number of aromatic nitrogens is 2. The van der Waals surface area contributed by atoms with Gasteiger partial charge in [0.2, 0.25) is 0 Å². The molecule has 1 aromatic heterocycles. The minimum Gasteiger partial charge on any atom is -0.341 e. The first-order valence-electron chi connectivity index (χ1n) is 5.75. The van der Waals surface area contributed by atoms with Crippen molar-refractivity contribution in [3.05, 3.63) is 41.9 Å². The van der Waals surface area contributed by atoms with Crippen LogP contribution in [0.15, 0.2) is 24.4 Å². The van der Waals surface area contributed by atoms with Gasteiger partial charge in [0.15, 0.2) is 11.6 Å². The number of benzene rings is 1. The van der Waals surface area contributed by atoms with E-state index < -0.39 is 11.6 Å². The van der Waals surface area contributed by atoms with Crippen molar-refractivity contribution in [1.29, 1.82) is 0 Å². The van der Waals surface area contributed by atoms with Crippen molar-refractivity contribution in [1.82, 2.24) is 9.97 Å². The third-order valence-electron chi connectivity index (χ3n) is 2.87. The lowest BCUT2D eigenvalue weighted by Gasteiger charge is -2.12. The number of hydrogen-bond acceptors (Lipinski definition) is 2. The molecule has 1 unspecified atom stereocenters. The van der Waals surface area contributed by atoms with Crippen molar-refractivity contribution in [3.63, 3.8) is 0 Å². The zero-order chi connectivity index (χ0) is 13.3. The van der Waals surface area contributed by atoms with Crippen LogP contribution in [0.4, 0.5) is 8.78 Å². The predicted octanol–water partition coefficient (Wildman–Crippen LogP) is 3.01. The van der Waals surface area contributed by atoms with Gasteiger partial charge in [-0.05, 0) is 18.1 Å². The van der Waals surface area contributed by atoms with Crippen LogP contribution in [0.5, 0.6) is 0 Å². The summed E-state index contributed by atoms with van der Waals surface area (Å²) < 4.78 is 26.7. The highest BCUT2D eigenvalue weighted by atomic mass is 19.2. The van der Waals surface area contributed by atoms with Gasteiger partial charge in [0.1, 0.15) is 5.82 Å². The molecular weight excluding hydrogens is 236 g/mol. The predicted molar refractivity (Wildman–Crippen MR) is 65.7 cm³/mol. The minimum absolute atomic E-state index is 0.157. The van der Waals surface area contributed by atoms with Crippen LogP contribution in [0.3, 0.4) is 0 Å². The van der Waals surface area contributed by atoms with E-state index in [-0.39, 0.29) is 17.5 Å². The molecule has 5 heteroatoms. The summed E-state index contributed by atoms with van der Waals surface area (Å²) in [5.74, 6) is -0.979. The fourth-order valence-corrected chi connectivity index (χ4v) is 1.67. The first-order chi connectivity index (χ1) is 8.50. The Morgan fingerprint density at radius 3 is 2.67 bits per heavy atom. The van der Waals surface area contributed by atoms with Crippen LogP contribution in [0.25, 0.3) is 11.3 Å². The van der Waals surface area contributed by atoms with Crippen LogP contribution >= 0.6 is 0 Å². The smallest absolute Gasteiger partial charge is 0.168 e. The molecule has 18 heavy (non-hydrogen) atoms. The van der Waals surface area contributed by atoms with Gasteiger partial charge in [-0.25, -0.2) is 13.8 Å². The monoisotopic (exact) mass is 251 g/mol. The lowest BCUT2D eigenvalue weighted by atomic mass is 10.1. The van der Waals surface area contributed by atoms with Gasteiger partial charge < -0.3 is 10.7 Å². The molecule has 0 saturated carbocycles. The number of H-pyrrole nitrogens is 1. The summed E-state index contributed by atoms with van der Waals surface area (Å²) in [4.78, 5) is 7.05. The zero-order valence-corrected chi connectivity index (χ0v) is 10.2.